The molecular weight excluding hydrogens is 247 g/mol. The molecule has 0 spiro atoms. The zero-order valence-electron chi connectivity index (χ0n) is 10.9. The third kappa shape index (κ3) is 1.67. The Labute approximate surface area is 117 Å². The van der Waals surface area contributed by atoms with E-state index in [9.17, 15) is 4.39 Å². The highest BCUT2D eigenvalue weighted by Crippen LogP contribution is 2.38. The zero-order chi connectivity index (χ0) is 13.5. The van der Waals surface area contributed by atoms with Gasteiger partial charge in [0.15, 0.2) is 0 Å². The van der Waals surface area contributed by atoms with Crippen LogP contribution in [-0.4, -0.2) is 0 Å². The minimum absolute atomic E-state index is 0.164. The summed E-state index contributed by atoms with van der Waals surface area (Å²) in [6, 6.07) is 21.7. The minimum Gasteiger partial charge on any atom is -0.206 e. The second-order valence-electron chi connectivity index (χ2n) is 5.19. The van der Waals surface area contributed by atoms with Gasteiger partial charge in [-0.2, -0.15) is 0 Å². The van der Waals surface area contributed by atoms with Crippen LogP contribution < -0.4 is 0 Å². The van der Waals surface area contributed by atoms with E-state index < -0.39 is 0 Å². The van der Waals surface area contributed by atoms with E-state index in [2.05, 4.69) is 36.4 Å². The number of halogens is 1. The standard InChI is InChI=1S/C19H13F/c20-19-8-4-3-7-18(19)14-9-10-17-15(12-14)11-13-5-1-2-6-16(13)17/h1-10,12H,11H2. The fourth-order valence-corrected chi connectivity index (χ4v) is 3.01. The molecule has 0 atom stereocenters. The van der Waals surface area contributed by atoms with Crippen LogP contribution in [0.15, 0.2) is 66.7 Å². The van der Waals surface area contributed by atoms with Crippen molar-refractivity contribution in [2.45, 2.75) is 6.42 Å². The van der Waals surface area contributed by atoms with E-state index in [-0.39, 0.29) is 5.82 Å². The fraction of sp³-hybridized carbons (Fsp3) is 0.0526. The van der Waals surface area contributed by atoms with E-state index in [4.69, 9.17) is 0 Å². The van der Waals surface area contributed by atoms with Gasteiger partial charge in [-0.25, -0.2) is 4.39 Å². The lowest BCUT2D eigenvalue weighted by Crippen LogP contribution is -1.86. The molecule has 3 aromatic carbocycles. The molecule has 0 saturated heterocycles. The number of hydrogen-bond donors (Lipinski definition) is 0. The van der Waals surface area contributed by atoms with Gasteiger partial charge in [-0.05, 0) is 40.3 Å². The van der Waals surface area contributed by atoms with Gasteiger partial charge in [-0.15, -0.1) is 0 Å². The van der Waals surface area contributed by atoms with Gasteiger partial charge < -0.3 is 0 Å². The largest absolute Gasteiger partial charge is 0.206 e. The van der Waals surface area contributed by atoms with E-state index in [1.54, 1.807) is 6.07 Å². The number of fused-ring (bicyclic) bond motifs is 3. The van der Waals surface area contributed by atoms with Crippen LogP contribution in [0.2, 0.25) is 0 Å². The summed E-state index contributed by atoms with van der Waals surface area (Å²) in [6.07, 6.45) is 0.938. The summed E-state index contributed by atoms with van der Waals surface area (Å²) in [4.78, 5) is 0. The normalized spacial score (nSPS) is 12.1. The van der Waals surface area contributed by atoms with Crippen molar-refractivity contribution in [2.75, 3.05) is 0 Å². The summed E-state index contributed by atoms with van der Waals surface area (Å²) in [5.41, 5.74) is 6.85. The van der Waals surface area contributed by atoms with Gasteiger partial charge in [0, 0.05) is 5.56 Å². The van der Waals surface area contributed by atoms with Gasteiger partial charge in [0.05, 0.1) is 0 Å². The first-order chi connectivity index (χ1) is 9.83. The van der Waals surface area contributed by atoms with Crippen LogP contribution in [-0.2, 0) is 6.42 Å². The Bertz CT molecular complexity index is 802. The van der Waals surface area contributed by atoms with Crippen molar-refractivity contribution >= 4 is 0 Å². The lowest BCUT2D eigenvalue weighted by molar-refractivity contribution is 0.631. The predicted octanol–water partition coefficient (Wildman–Crippen LogP) is 5.06. The monoisotopic (exact) mass is 260 g/mol. The van der Waals surface area contributed by atoms with Crippen LogP contribution in [0.1, 0.15) is 11.1 Å². The summed E-state index contributed by atoms with van der Waals surface area (Å²) in [5, 5.41) is 0. The molecule has 4 rings (SSSR count). The van der Waals surface area contributed by atoms with Crippen molar-refractivity contribution in [3.8, 4) is 22.3 Å². The van der Waals surface area contributed by atoms with Gasteiger partial charge in [0.25, 0.3) is 0 Å². The third-order valence-electron chi connectivity index (χ3n) is 3.98. The molecule has 0 saturated carbocycles. The van der Waals surface area contributed by atoms with Crippen molar-refractivity contribution in [1.29, 1.82) is 0 Å². The summed E-state index contributed by atoms with van der Waals surface area (Å²) >= 11 is 0. The quantitative estimate of drug-likeness (QED) is 0.448. The lowest BCUT2D eigenvalue weighted by Gasteiger charge is -2.06. The topological polar surface area (TPSA) is 0 Å². The first-order valence-corrected chi connectivity index (χ1v) is 6.79. The predicted molar refractivity (Wildman–Crippen MR) is 80.1 cm³/mol. The molecule has 0 amide bonds. The second-order valence-corrected chi connectivity index (χ2v) is 5.19. The second kappa shape index (κ2) is 4.31. The molecule has 3 aromatic rings. The van der Waals surface area contributed by atoms with E-state index >= 15 is 0 Å². The maximum atomic E-state index is 13.9. The molecule has 1 heteroatoms. The van der Waals surface area contributed by atoms with Gasteiger partial charge in [0.1, 0.15) is 5.82 Å². The summed E-state index contributed by atoms with van der Waals surface area (Å²) < 4.78 is 13.9. The van der Waals surface area contributed by atoms with Gasteiger partial charge >= 0.3 is 0 Å². The molecule has 96 valence electrons. The molecule has 1 aliphatic carbocycles. The van der Waals surface area contributed by atoms with Gasteiger partial charge in [0.2, 0.25) is 0 Å². The first kappa shape index (κ1) is 11.4. The Morgan fingerprint density at radius 2 is 1.35 bits per heavy atom. The number of rotatable bonds is 1. The third-order valence-corrected chi connectivity index (χ3v) is 3.98. The van der Waals surface area contributed by atoms with Crippen LogP contribution in [0, 0.1) is 5.82 Å². The van der Waals surface area contributed by atoms with Crippen LogP contribution in [0.3, 0.4) is 0 Å². The van der Waals surface area contributed by atoms with E-state index in [0.717, 1.165) is 12.0 Å². The lowest BCUT2D eigenvalue weighted by atomic mass is 9.99. The van der Waals surface area contributed by atoms with E-state index in [1.807, 2.05) is 18.2 Å². The summed E-state index contributed by atoms with van der Waals surface area (Å²) in [6.45, 7) is 0. The van der Waals surface area contributed by atoms with Crippen molar-refractivity contribution in [3.05, 3.63) is 83.7 Å². The molecule has 0 N–H and O–H groups in total. The molecule has 0 aliphatic heterocycles. The van der Waals surface area contributed by atoms with Gasteiger partial charge in [-0.1, -0.05) is 60.7 Å². The molecule has 0 unspecified atom stereocenters. The molecule has 1 aliphatic rings. The maximum Gasteiger partial charge on any atom is 0.131 e. The molecule has 0 radical (unpaired) electrons. The van der Waals surface area contributed by atoms with Crippen LogP contribution in [0.5, 0.6) is 0 Å². The van der Waals surface area contributed by atoms with Crippen molar-refractivity contribution in [3.63, 3.8) is 0 Å². The SMILES string of the molecule is Fc1ccccc1-c1ccc2c(c1)Cc1ccccc1-2. The van der Waals surface area contributed by atoms with Crippen molar-refractivity contribution < 1.29 is 4.39 Å². The average Bonchev–Trinajstić information content (AvgIpc) is 2.85. The Morgan fingerprint density at radius 1 is 0.650 bits per heavy atom. The first-order valence-electron chi connectivity index (χ1n) is 6.79. The van der Waals surface area contributed by atoms with Crippen molar-refractivity contribution in [1.82, 2.24) is 0 Å². The molecular formula is C19H13F. The molecule has 20 heavy (non-hydrogen) atoms. The van der Waals surface area contributed by atoms with E-state index in [1.165, 1.54) is 28.3 Å². The van der Waals surface area contributed by atoms with Crippen molar-refractivity contribution in [2.24, 2.45) is 0 Å². The number of benzene rings is 3. The Morgan fingerprint density at radius 3 is 2.20 bits per heavy atom. The summed E-state index contributed by atoms with van der Waals surface area (Å²) in [7, 11) is 0. The highest BCUT2D eigenvalue weighted by Gasteiger charge is 2.18. The minimum atomic E-state index is -0.164. The molecule has 0 aromatic heterocycles. The maximum absolute atomic E-state index is 13.9. The van der Waals surface area contributed by atoms with Crippen LogP contribution in [0.4, 0.5) is 4.39 Å². The highest BCUT2D eigenvalue weighted by atomic mass is 19.1. The van der Waals surface area contributed by atoms with Crippen LogP contribution >= 0.6 is 0 Å². The molecule has 0 fully saturated rings. The van der Waals surface area contributed by atoms with Crippen LogP contribution in [0.25, 0.3) is 22.3 Å². The summed E-state index contributed by atoms with van der Waals surface area (Å²) in [5.74, 6) is -0.164. The van der Waals surface area contributed by atoms with E-state index in [0.29, 0.717) is 5.56 Å². The smallest absolute Gasteiger partial charge is 0.131 e. The molecule has 0 heterocycles. The number of hydrogen-bond acceptors (Lipinski definition) is 0. The highest BCUT2D eigenvalue weighted by molar-refractivity contribution is 5.80. The van der Waals surface area contributed by atoms with Gasteiger partial charge in [-0.3, -0.25) is 0 Å². The Balaban J connectivity index is 1.85. The zero-order valence-corrected chi connectivity index (χ0v) is 10.9. The molecule has 0 bridgehead atoms. The Kier molecular flexibility index (Phi) is 2.46. The Hall–Kier alpha value is -2.41. The fourth-order valence-electron chi connectivity index (χ4n) is 3.01. The average molecular weight is 260 g/mol. The molecule has 0 nitrogen and oxygen atoms in total.